The Morgan fingerprint density at radius 3 is 2.50 bits per heavy atom. The van der Waals surface area contributed by atoms with Crippen LogP contribution in [0.1, 0.15) is 23.0 Å². The van der Waals surface area contributed by atoms with E-state index in [9.17, 15) is 4.79 Å². The van der Waals surface area contributed by atoms with Gasteiger partial charge < -0.3 is 10.4 Å². The molecule has 1 heterocycles. The number of pyridine rings is 1. The van der Waals surface area contributed by atoms with Crippen molar-refractivity contribution in [3.63, 3.8) is 0 Å². The summed E-state index contributed by atoms with van der Waals surface area (Å²) in [6.45, 7) is 1.90. The summed E-state index contributed by atoms with van der Waals surface area (Å²) >= 11 is 12.1. The quantitative estimate of drug-likeness (QED) is 0.879. The summed E-state index contributed by atoms with van der Waals surface area (Å²) in [5.41, 5.74) is 1.35. The molecule has 1 aromatic carbocycles. The van der Waals surface area contributed by atoms with E-state index < -0.39 is 5.97 Å². The third-order valence-electron chi connectivity index (χ3n) is 2.70. The number of rotatable bonds is 4. The number of aryl methyl sites for hydroxylation is 1. The monoisotopic (exact) mass is 310 g/mol. The minimum absolute atomic E-state index is 0.169. The molecule has 2 rings (SSSR count). The molecular formula is C14H12Cl2N2O2. The molecule has 0 saturated carbocycles. The highest BCUT2D eigenvalue weighted by Gasteiger charge is 2.11. The van der Waals surface area contributed by atoms with Crippen LogP contribution in [0.15, 0.2) is 30.3 Å². The van der Waals surface area contributed by atoms with Crippen LogP contribution in [0.25, 0.3) is 0 Å². The maximum atomic E-state index is 11.1. The number of nitrogens with one attached hydrogen (secondary N) is 1. The zero-order valence-corrected chi connectivity index (χ0v) is 12.2. The number of hydrogen-bond acceptors (Lipinski definition) is 3. The van der Waals surface area contributed by atoms with Gasteiger partial charge in [0.15, 0.2) is 0 Å². The number of benzene rings is 1. The van der Waals surface area contributed by atoms with Crippen molar-refractivity contribution in [1.82, 2.24) is 4.98 Å². The highest BCUT2D eigenvalue weighted by molar-refractivity contribution is 6.39. The van der Waals surface area contributed by atoms with Crippen LogP contribution in [0, 0.1) is 0 Å². The normalized spacial score (nSPS) is 10.3. The molecule has 0 radical (unpaired) electrons. The highest BCUT2D eigenvalue weighted by Crippen LogP contribution is 2.32. The lowest BCUT2D eigenvalue weighted by atomic mass is 10.2. The number of carbonyl (C=O) groups is 1. The Bertz CT molecular complexity index is 639. The average Bonchev–Trinajstić information content (AvgIpc) is 2.42. The summed E-state index contributed by atoms with van der Waals surface area (Å²) in [6, 6.07) is 8.10. The van der Waals surface area contributed by atoms with Gasteiger partial charge in [-0.05, 0) is 30.7 Å². The van der Waals surface area contributed by atoms with Crippen molar-refractivity contribution < 1.29 is 9.90 Å². The van der Waals surface area contributed by atoms with E-state index >= 15 is 0 Å². The van der Waals surface area contributed by atoms with Crippen LogP contribution in [-0.4, -0.2) is 16.1 Å². The van der Waals surface area contributed by atoms with Crippen molar-refractivity contribution >= 4 is 40.7 Å². The van der Waals surface area contributed by atoms with Gasteiger partial charge in [-0.2, -0.15) is 0 Å². The van der Waals surface area contributed by atoms with Gasteiger partial charge in [-0.3, -0.25) is 0 Å². The van der Waals surface area contributed by atoms with E-state index in [-0.39, 0.29) is 5.56 Å². The molecule has 20 heavy (non-hydrogen) atoms. The van der Waals surface area contributed by atoms with Crippen LogP contribution >= 0.6 is 23.2 Å². The summed E-state index contributed by atoms with van der Waals surface area (Å²) < 4.78 is 0. The Kier molecular flexibility index (Phi) is 4.47. The van der Waals surface area contributed by atoms with Gasteiger partial charge in [-0.1, -0.05) is 36.2 Å². The molecule has 0 atom stereocenters. The van der Waals surface area contributed by atoms with E-state index in [1.807, 2.05) is 6.92 Å². The van der Waals surface area contributed by atoms with E-state index in [1.54, 1.807) is 24.3 Å². The molecule has 0 unspecified atom stereocenters. The zero-order chi connectivity index (χ0) is 14.7. The maximum Gasteiger partial charge on any atom is 0.335 e. The molecule has 6 heteroatoms. The molecule has 0 aliphatic rings. The fraction of sp³-hybridized carbons (Fsp3) is 0.143. The Morgan fingerprint density at radius 2 is 1.95 bits per heavy atom. The number of halogens is 2. The van der Waals surface area contributed by atoms with Crippen molar-refractivity contribution in [3.8, 4) is 0 Å². The van der Waals surface area contributed by atoms with E-state index in [2.05, 4.69) is 10.3 Å². The number of nitrogens with zero attached hydrogens (tertiary/aromatic N) is 1. The standard InChI is InChI=1S/C14H12Cl2N2O2/c1-2-9-6-8(14(19)20)7-12(17-9)18-13-10(15)4-3-5-11(13)16/h3-7H,2H2,1H3,(H,17,18)(H,19,20). The lowest BCUT2D eigenvalue weighted by Crippen LogP contribution is -2.03. The summed E-state index contributed by atoms with van der Waals surface area (Å²) in [5, 5.41) is 13.0. The molecule has 4 nitrogen and oxygen atoms in total. The van der Waals surface area contributed by atoms with Crippen molar-refractivity contribution in [2.24, 2.45) is 0 Å². The smallest absolute Gasteiger partial charge is 0.335 e. The lowest BCUT2D eigenvalue weighted by Gasteiger charge is -2.11. The first-order chi connectivity index (χ1) is 9.51. The maximum absolute atomic E-state index is 11.1. The van der Waals surface area contributed by atoms with Gasteiger partial charge in [0.2, 0.25) is 0 Å². The largest absolute Gasteiger partial charge is 0.478 e. The SMILES string of the molecule is CCc1cc(C(=O)O)cc(Nc2c(Cl)cccc2Cl)n1. The molecule has 0 spiro atoms. The van der Waals surface area contributed by atoms with Gasteiger partial charge in [0.25, 0.3) is 0 Å². The Labute approximate surface area is 126 Å². The molecular weight excluding hydrogens is 299 g/mol. The predicted molar refractivity (Wildman–Crippen MR) is 80.3 cm³/mol. The van der Waals surface area contributed by atoms with Crippen molar-refractivity contribution in [3.05, 3.63) is 51.6 Å². The first-order valence-corrected chi connectivity index (χ1v) is 6.72. The van der Waals surface area contributed by atoms with Crippen LogP contribution in [0.3, 0.4) is 0 Å². The van der Waals surface area contributed by atoms with Crippen molar-refractivity contribution in [2.45, 2.75) is 13.3 Å². The fourth-order valence-electron chi connectivity index (χ4n) is 1.70. The highest BCUT2D eigenvalue weighted by atomic mass is 35.5. The molecule has 0 fully saturated rings. The van der Waals surface area contributed by atoms with E-state index in [0.717, 1.165) is 0 Å². The van der Waals surface area contributed by atoms with Crippen LogP contribution in [0.4, 0.5) is 11.5 Å². The minimum atomic E-state index is -1.00. The second-order valence-corrected chi connectivity index (χ2v) is 4.93. The predicted octanol–water partition coefficient (Wildman–Crippen LogP) is 4.39. The van der Waals surface area contributed by atoms with E-state index in [1.165, 1.54) is 6.07 Å². The number of carboxylic acid groups (broad SMARTS) is 1. The third kappa shape index (κ3) is 3.21. The molecule has 1 aromatic heterocycles. The second-order valence-electron chi connectivity index (χ2n) is 4.11. The van der Waals surface area contributed by atoms with Crippen LogP contribution < -0.4 is 5.32 Å². The van der Waals surface area contributed by atoms with Crippen LogP contribution in [0.2, 0.25) is 10.0 Å². The number of carboxylic acids is 1. The average molecular weight is 311 g/mol. The second kappa shape index (κ2) is 6.11. The number of aromatic carboxylic acids is 1. The summed E-state index contributed by atoms with van der Waals surface area (Å²) in [4.78, 5) is 15.4. The molecule has 0 bridgehead atoms. The summed E-state index contributed by atoms with van der Waals surface area (Å²) in [5.74, 6) is -0.604. The minimum Gasteiger partial charge on any atom is -0.478 e. The van der Waals surface area contributed by atoms with Gasteiger partial charge in [0, 0.05) is 5.69 Å². The van der Waals surface area contributed by atoms with Gasteiger partial charge in [-0.25, -0.2) is 9.78 Å². The topological polar surface area (TPSA) is 62.2 Å². The molecule has 0 aliphatic heterocycles. The number of anilines is 2. The number of para-hydroxylation sites is 1. The first kappa shape index (κ1) is 14.6. The first-order valence-electron chi connectivity index (χ1n) is 5.96. The van der Waals surface area contributed by atoms with Crippen LogP contribution in [0.5, 0.6) is 0 Å². The summed E-state index contributed by atoms with van der Waals surface area (Å²) in [7, 11) is 0. The van der Waals surface area contributed by atoms with E-state index in [0.29, 0.717) is 33.7 Å². The van der Waals surface area contributed by atoms with Gasteiger partial charge in [0.05, 0.1) is 21.3 Å². The zero-order valence-electron chi connectivity index (χ0n) is 10.7. The van der Waals surface area contributed by atoms with Gasteiger partial charge in [-0.15, -0.1) is 0 Å². The van der Waals surface area contributed by atoms with Crippen molar-refractivity contribution in [2.75, 3.05) is 5.32 Å². The molecule has 2 N–H and O–H groups in total. The number of aromatic nitrogens is 1. The lowest BCUT2D eigenvalue weighted by molar-refractivity contribution is 0.0696. The van der Waals surface area contributed by atoms with Gasteiger partial charge >= 0.3 is 5.97 Å². The Morgan fingerprint density at radius 1 is 1.30 bits per heavy atom. The fourth-order valence-corrected chi connectivity index (χ4v) is 2.19. The van der Waals surface area contributed by atoms with Crippen LogP contribution in [-0.2, 0) is 6.42 Å². The number of hydrogen-bond donors (Lipinski definition) is 2. The Balaban J connectivity index is 2.43. The van der Waals surface area contributed by atoms with Crippen molar-refractivity contribution in [1.29, 1.82) is 0 Å². The molecule has 0 amide bonds. The molecule has 104 valence electrons. The molecule has 2 aromatic rings. The Hall–Kier alpha value is -1.78. The summed E-state index contributed by atoms with van der Waals surface area (Å²) in [6.07, 6.45) is 0.631. The van der Waals surface area contributed by atoms with Gasteiger partial charge in [0.1, 0.15) is 5.82 Å². The molecule has 0 aliphatic carbocycles. The molecule has 0 saturated heterocycles. The van der Waals surface area contributed by atoms with E-state index in [4.69, 9.17) is 28.3 Å². The third-order valence-corrected chi connectivity index (χ3v) is 3.33.